The van der Waals surface area contributed by atoms with Gasteiger partial charge < -0.3 is 5.32 Å². The van der Waals surface area contributed by atoms with Crippen LogP contribution in [0.2, 0.25) is 0 Å². The molecule has 3 aromatic rings. The van der Waals surface area contributed by atoms with Crippen LogP contribution < -0.4 is 5.32 Å². The fourth-order valence-electron chi connectivity index (χ4n) is 2.35. The Balaban J connectivity index is 1.78. The van der Waals surface area contributed by atoms with Crippen molar-refractivity contribution in [3.05, 3.63) is 90.0 Å². The fourth-order valence-corrected chi connectivity index (χ4v) is 2.35. The number of hydrogen-bond donors (Lipinski definition) is 1. The minimum Gasteiger partial charge on any atom is -0.322 e. The van der Waals surface area contributed by atoms with Crippen molar-refractivity contribution in [2.75, 3.05) is 5.32 Å². The van der Waals surface area contributed by atoms with Gasteiger partial charge in [0, 0.05) is 11.3 Å². The molecule has 0 heterocycles. The van der Waals surface area contributed by atoms with E-state index in [4.69, 9.17) is 0 Å². The van der Waals surface area contributed by atoms with Crippen molar-refractivity contribution in [2.24, 2.45) is 0 Å². The molecule has 0 bridgehead atoms. The lowest BCUT2D eigenvalue weighted by Gasteiger charge is -2.08. The summed E-state index contributed by atoms with van der Waals surface area (Å²) in [7, 11) is 0. The fraction of sp³-hybridized carbons (Fsp3) is 0.0500. The van der Waals surface area contributed by atoms with Gasteiger partial charge in [-0.05, 0) is 41.8 Å². The van der Waals surface area contributed by atoms with E-state index in [1.54, 1.807) is 0 Å². The van der Waals surface area contributed by atoms with Crippen LogP contribution in [0.1, 0.15) is 15.9 Å². The van der Waals surface area contributed by atoms with E-state index in [1.807, 2.05) is 73.7 Å². The van der Waals surface area contributed by atoms with Crippen LogP contribution in [0.5, 0.6) is 0 Å². The molecule has 22 heavy (non-hydrogen) atoms. The van der Waals surface area contributed by atoms with Crippen LogP contribution in [0.15, 0.2) is 78.9 Å². The number of carbonyl (C=O) groups excluding carboxylic acids is 1. The van der Waals surface area contributed by atoms with E-state index < -0.39 is 0 Å². The van der Waals surface area contributed by atoms with Gasteiger partial charge in [-0.3, -0.25) is 4.79 Å². The van der Waals surface area contributed by atoms with E-state index in [1.165, 1.54) is 0 Å². The number of aryl methyl sites for hydroxylation is 1. The summed E-state index contributed by atoms with van der Waals surface area (Å²) in [6, 6.07) is 25.6. The van der Waals surface area contributed by atoms with E-state index in [0.29, 0.717) is 5.56 Å². The predicted molar refractivity (Wildman–Crippen MR) is 91.0 cm³/mol. The lowest BCUT2D eigenvalue weighted by atomic mass is 10.0. The summed E-state index contributed by atoms with van der Waals surface area (Å²) < 4.78 is 0. The molecule has 108 valence electrons. The van der Waals surface area contributed by atoms with E-state index in [2.05, 4.69) is 17.4 Å². The number of hydrogen-bond acceptors (Lipinski definition) is 1. The molecule has 2 nitrogen and oxygen atoms in total. The third kappa shape index (κ3) is 3.07. The maximum absolute atomic E-state index is 12.3. The SMILES string of the molecule is Cc1ccccc1NC(=O)c1ccc(-c2ccccc2)cc1. The third-order valence-corrected chi connectivity index (χ3v) is 3.65. The Morgan fingerprint density at radius 1 is 0.727 bits per heavy atom. The van der Waals surface area contributed by atoms with Crippen LogP contribution >= 0.6 is 0 Å². The summed E-state index contributed by atoms with van der Waals surface area (Å²) >= 11 is 0. The second kappa shape index (κ2) is 6.27. The molecule has 0 atom stereocenters. The summed E-state index contributed by atoms with van der Waals surface area (Å²) in [5.74, 6) is -0.0890. The van der Waals surface area contributed by atoms with Crippen molar-refractivity contribution in [3.63, 3.8) is 0 Å². The number of anilines is 1. The van der Waals surface area contributed by atoms with Gasteiger partial charge in [-0.2, -0.15) is 0 Å². The largest absolute Gasteiger partial charge is 0.322 e. The third-order valence-electron chi connectivity index (χ3n) is 3.65. The van der Waals surface area contributed by atoms with Gasteiger partial charge in [0.25, 0.3) is 5.91 Å². The van der Waals surface area contributed by atoms with Gasteiger partial charge in [-0.25, -0.2) is 0 Å². The molecule has 2 heteroatoms. The lowest BCUT2D eigenvalue weighted by molar-refractivity contribution is 0.102. The lowest BCUT2D eigenvalue weighted by Crippen LogP contribution is -2.12. The van der Waals surface area contributed by atoms with E-state index in [-0.39, 0.29) is 5.91 Å². The highest BCUT2D eigenvalue weighted by molar-refractivity contribution is 6.04. The number of para-hydroxylation sites is 1. The number of nitrogens with one attached hydrogen (secondary N) is 1. The Labute approximate surface area is 130 Å². The van der Waals surface area contributed by atoms with Gasteiger partial charge in [-0.15, -0.1) is 0 Å². The molecule has 0 radical (unpaired) electrons. The van der Waals surface area contributed by atoms with E-state index in [9.17, 15) is 4.79 Å². The molecule has 0 aliphatic heterocycles. The van der Waals surface area contributed by atoms with Crippen molar-refractivity contribution >= 4 is 11.6 Å². The summed E-state index contributed by atoms with van der Waals surface area (Å²) in [5, 5.41) is 2.95. The average Bonchev–Trinajstić information content (AvgIpc) is 2.58. The quantitative estimate of drug-likeness (QED) is 0.728. The topological polar surface area (TPSA) is 29.1 Å². The van der Waals surface area contributed by atoms with Crippen molar-refractivity contribution in [1.82, 2.24) is 0 Å². The van der Waals surface area contributed by atoms with Crippen LogP contribution in [0.25, 0.3) is 11.1 Å². The zero-order valence-electron chi connectivity index (χ0n) is 12.4. The number of benzene rings is 3. The van der Waals surface area contributed by atoms with Gasteiger partial charge in [0.15, 0.2) is 0 Å². The molecule has 0 aliphatic rings. The van der Waals surface area contributed by atoms with Gasteiger partial charge in [0.1, 0.15) is 0 Å². The molecule has 3 aromatic carbocycles. The summed E-state index contributed by atoms with van der Waals surface area (Å²) in [6.45, 7) is 1.98. The molecular formula is C20H17NO. The number of rotatable bonds is 3. The molecule has 3 rings (SSSR count). The highest BCUT2D eigenvalue weighted by Crippen LogP contribution is 2.20. The standard InChI is InChI=1S/C20H17NO/c1-15-7-5-6-10-19(15)21-20(22)18-13-11-17(12-14-18)16-8-3-2-4-9-16/h2-14H,1H3,(H,21,22). The van der Waals surface area contributed by atoms with Crippen molar-refractivity contribution in [3.8, 4) is 11.1 Å². The normalized spacial score (nSPS) is 10.2. The molecule has 1 amide bonds. The van der Waals surface area contributed by atoms with Crippen LogP contribution in [0.4, 0.5) is 5.69 Å². The van der Waals surface area contributed by atoms with E-state index >= 15 is 0 Å². The van der Waals surface area contributed by atoms with Crippen molar-refractivity contribution < 1.29 is 4.79 Å². The Hall–Kier alpha value is -2.87. The highest BCUT2D eigenvalue weighted by atomic mass is 16.1. The molecule has 0 saturated carbocycles. The van der Waals surface area contributed by atoms with Gasteiger partial charge >= 0.3 is 0 Å². The van der Waals surface area contributed by atoms with Crippen LogP contribution in [0, 0.1) is 6.92 Å². The molecule has 0 spiro atoms. The number of carbonyl (C=O) groups is 1. The van der Waals surface area contributed by atoms with Crippen LogP contribution in [0.3, 0.4) is 0 Å². The number of amides is 1. The molecule has 0 aliphatic carbocycles. The molecule has 0 aromatic heterocycles. The Morgan fingerprint density at radius 3 is 2.00 bits per heavy atom. The zero-order valence-corrected chi connectivity index (χ0v) is 12.4. The molecule has 1 N–H and O–H groups in total. The summed E-state index contributed by atoms with van der Waals surface area (Å²) in [5.41, 5.74) is 4.81. The second-order valence-electron chi connectivity index (χ2n) is 5.21. The average molecular weight is 287 g/mol. The second-order valence-corrected chi connectivity index (χ2v) is 5.21. The smallest absolute Gasteiger partial charge is 0.255 e. The van der Waals surface area contributed by atoms with Crippen LogP contribution in [-0.4, -0.2) is 5.91 Å². The molecule has 0 fully saturated rings. The van der Waals surface area contributed by atoms with Gasteiger partial charge in [-0.1, -0.05) is 60.7 Å². The van der Waals surface area contributed by atoms with Crippen molar-refractivity contribution in [1.29, 1.82) is 0 Å². The zero-order chi connectivity index (χ0) is 15.4. The minimum absolute atomic E-state index is 0.0890. The first-order valence-electron chi connectivity index (χ1n) is 7.26. The first-order valence-corrected chi connectivity index (χ1v) is 7.26. The van der Waals surface area contributed by atoms with Crippen LogP contribution in [-0.2, 0) is 0 Å². The highest BCUT2D eigenvalue weighted by Gasteiger charge is 2.07. The van der Waals surface area contributed by atoms with E-state index in [0.717, 1.165) is 22.4 Å². The predicted octanol–water partition coefficient (Wildman–Crippen LogP) is 4.91. The Kier molecular flexibility index (Phi) is 4.01. The Bertz CT molecular complexity index is 776. The van der Waals surface area contributed by atoms with Gasteiger partial charge in [0.05, 0.1) is 0 Å². The first-order chi connectivity index (χ1) is 10.7. The monoisotopic (exact) mass is 287 g/mol. The summed E-state index contributed by atoms with van der Waals surface area (Å²) in [4.78, 5) is 12.3. The van der Waals surface area contributed by atoms with Gasteiger partial charge in [0.2, 0.25) is 0 Å². The Morgan fingerprint density at radius 2 is 1.32 bits per heavy atom. The maximum atomic E-state index is 12.3. The van der Waals surface area contributed by atoms with Crippen molar-refractivity contribution in [2.45, 2.75) is 6.92 Å². The minimum atomic E-state index is -0.0890. The molecule has 0 unspecified atom stereocenters. The molecular weight excluding hydrogens is 270 g/mol. The molecule has 0 saturated heterocycles. The first kappa shape index (κ1) is 14.1. The maximum Gasteiger partial charge on any atom is 0.255 e. The summed E-state index contributed by atoms with van der Waals surface area (Å²) in [6.07, 6.45) is 0.